The van der Waals surface area contributed by atoms with E-state index in [1.807, 2.05) is 24.5 Å². The predicted molar refractivity (Wildman–Crippen MR) is 139 cm³/mol. The second-order valence-corrected chi connectivity index (χ2v) is 9.35. The second-order valence-electron chi connectivity index (χ2n) is 7.52. The van der Waals surface area contributed by atoms with Crippen LogP contribution in [0.3, 0.4) is 0 Å². The SMILES string of the molecule is Brc1cc(-c2cccnc2)cc(-c2cccc(-c3cc(Br)cc(-c4cccnc4)c3)c2)c1. The fourth-order valence-corrected chi connectivity index (χ4v) is 4.78. The summed E-state index contributed by atoms with van der Waals surface area (Å²) < 4.78 is 2.08. The summed E-state index contributed by atoms with van der Waals surface area (Å²) in [6.07, 6.45) is 7.38. The molecule has 0 aliphatic heterocycles. The highest BCUT2D eigenvalue weighted by Crippen LogP contribution is 2.34. The molecule has 154 valence electrons. The Labute approximate surface area is 204 Å². The maximum absolute atomic E-state index is 4.26. The largest absolute Gasteiger partial charge is 0.264 e. The van der Waals surface area contributed by atoms with Crippen molar-refractivity contribution in [2.45, 2.75) is 0 Å². The van der Waals surface area contributed by atoms with Crippen molar-refractivity contribution in [3.8, 4) is 44.5 Å². The van der Waals surface area contributed by atoms with Crippen molar-refractivity contribution in [3.05, 3.63) is 119 Å². The van der Waals surface area contributed by atoms with Crippen LogP contribution < -0.4 is 0 Å². The molecule has 0 saturated carbocycles. The van der Waals surface area contributed by atoms with E-state index in [1.54, 1.807) is 12.4 Å². The van der Waals surface area contributed by atoms with Crippen molar-refractivity contribution in [1.82, 2.24) is 9.97 Å². The number of pyridine rings is 2. The smallest absolute Gasteiger partial charge is 0.0346 e. The first-order valence-electron chi connectivity index (χ1n) is 10.2. The highest BCUT2D eigenvalue weighted by atomic mass is 79.9. The minimum Gasteiger partial charge on any atom is -0.264 e. The van der Waals surface area contributed by atoms with Crippen LogP contribution in [0, 0.1) is 0 Å². The molecular formula is C28H18Br2N2. The van der Waals surface area contributed by atoms with Gasteiger partial charge in [-0.25, -0.2) is 0 Å². The normalized spacial score (nSPS) is 10.8. The molecule has 0 bridgehead atoms. The number of benzene rings is 3. The maximum Gasteiger partial charge on any atom is 0.0346 e. The van der Waals surface area contributed by atoms with Gasteiger partial charge in [-0.15, -0.1) is 0 Å². The molecule has 0 spiro atoms. The molecular weight excluding hydrogens is 524 g/mol. The number of halogens is 2. The molecule has 0 amide bonds. The van der Waals surface area contributed by atoms with Crippen molar-refractivity contribution < 1.29 is 0 Å². The lowest BCUT2D eigenvalue weighted by atomic mass is 9.95. The Kier molecular flexibility index (Phi) is 5.97. The van der Waals surface area contributed by atoms with Gasteiger partial charge in [0, 0.05) is 44.9 Å². The molecule has 0 aliphatic carbocycles. The first-order valence-corrected chi connectivity index (χ1v) is 11.8. The van der Waals surface area contributed by atoms with Crippen LogP contribution in [0.25, 0.3) is 44.5 Å². The Morgan fingerprint density at radius 1 is 0.406 bits per heavy atom. The van der Waals surface area contributed by atoms with Gasteiger partial charge in [-0.2, -0.15) is 0 Å². The molecule has 0 aliphatic rings. The molecule has 0 saturated heterocycles. The average Bonchev–Trinajstić information content (AvgIpc) is 2.84. The lowest BCUT2D eigenvalue weighted by Crippen LogP contribution is -1.86. The summed E-state index contributed by atoms with van der Waals surface area (Å²) >= 11 is 7.37. The van der Waals surface area contributed by atoms with E-state index in [0.717, 1.165) is 53.5 Å². The third-order valence-electron chi connectivity index (χ3n) is 5.31. The Bertz CT molecular complexity index is 1280. The molecule has 4 heteroatoms. The van der Waals surface area contributed by atoms with Gasteiger partial charge in [-0.3, -0.25) is 9.97 Å². The lowest BCUT2D eigenvalue weighted by Gasteiger charge is -2.11. The van der Waals surface area contributed by atoms with Crippen molar-refractivity contribution >= 4 is 31.9 Å². The number of hydrogen-bond donors (Lipinski definition) is 0. The van der Waals surface area contributed by atoms with E-state index >= 15 is 0 Å². The Hall–Kier alpha value is -3.08. The third-order valence-corrected chi connectivity index (χ3v) is 6.23. The van der Waals surface area contributed by atoms with E-state index in [-0.39, 0.29) is 0 Å². The van der Waals surface area contributed by atoms with Gasteiger partial charge in [0.05, 0.1) is 0 Å². The zero-order valence-electron chi connectivity index (χ0n) is 17.0. The van der Waals surface area contributed by atoms with E-state index in [9.17, 15) is 0 Å². The fraction of sp³-hybridized carbons (Fsp3) is 0. The second kappa shape index (κ2) is 9.19. The first kappa shape index (κ1) is 20.8. The Morgan fingerprint density at radius 3 is 1.19 bits per heavy atom. The number of rotatable bonds is 4. The Balaban J connectivity index is 1.57. The van der Waals surface area contributed by atoms with Crippen LogP contribution in [-0.4, -0.2) is 9.97 Å². The third kappa shape index (κ3) is 4.57. The molecule has 0 unspecified atom stereocenters. The van der Waals surface area contributed by atoms with Gasteiger partial charge < -0.3 is 0 Å². The van der Waals surface area contributed by atoms with Crippen LogP contribution in [0.1, 0.15) is 0 Å². The van der Waals surface area contributed by atoms with Crippen molar-refractivity contribution in [2.75, 3.05) is 0 Å². The van der Waals surface area contributed by atoms with Crippen molar-refractivity contribution in [1.29, 1.82) is 0 Å². The average molecular weight is 542 g/mol. The van der Waals surface area contributed by atoms with E-state index in [2.05, 4.69) is 115 Å². The van der Waals surface area contributed by atoms with Crippen LogP contribution in [0.2, 0.25) is 0 Å². The van der Waals surface area contributed by atoms with Crippen LogP contribution >= 0.6 is 31.9 Å². The summed E-state index contributed by atoms with van der Waals surface area (Å²) in [5.74, 6) is 0. The quantitative estimate of drug-likeness (QED) is 0.227. The molecule has 2 heterocycles. The van der Waals surface area contributed by atoms with E-state index < -0.39 is 0 Å². The van der Waals surface area contributed by atoms with E-state index in [4.69, 9.17) is 0 Å². The highest BCUT2D eigenvalue weighted by molar-refractivity contribution is 9.10. The minimum absolute atomic E-state index is 1.04. The lowest BCUT2D eigenvalue weighted by molar-refractivity contribution is 1.33. The molecule has 32 heavy (non-hydrogen) atoms. The number of aromatic nitrogens is 2. The van der Waals surface area contributed by atoms with Crippen LogP contribution in [0.4, 0.5) is 0 Å². The number of nitrogens with zero attached hydrogens (tertiary/aromatic N) is 2. The summed E-state index contributed by atoms with van der Waals surface area (Å²) in [6, 6.07) is 29.7. The van der Waals surface area contributed by atoms with E-state index in [1.165, 1.54) is 0 Å². The zero-order valence-corrected chi connectivity index (χ0v) is 20.2. The predicted octanol–water partition coefficient (Wildman–Crippen LogP) is 8.67. The van der Waals surface area contributed by atoms with Gasteiger partial charge in [-0.1, -0.05) is 62.2 Å². The van der Waals surface area contributed by atoms with Gasteiger partial charge in [0.2, 0.25) is 0 Å². The van der Waals surface area contributed by atoms with Crippen molar-refractivity contribution in [2.24, 2.45) is 0 Å². The van der Waals surface area contributed by atoms with Gasteiger partial charge >= 0.3 is 0 Å². The molecule has 0 atom stereocenters. The molecule has 0 N–H and O–H groups in total. The topological polar surface area (TPSA) is 25.8 Å². The molecule has 2 nitrogen and oxygen atoms in total. The molecule has 3 aromatic carbocycles. The molecule has 5 aromatic rings. The molecule has 0 radical (unpaired) electrons. The standard InChI is InChI=1S/C28H18Br2N2/c29-27-13-23(11-25(15-27)21-6-2-8-31-17-21)19-4-1-5-20(10-19)24-12-26(16-28(30)14-24)22-7-3-9-32-18-22/h1-18H. The van der Waals surface area contributed by atoms with E-state index in [0.29, 0.717) is 0 Å². The van der Waals surface area contributed by atoms with Crippen LogP contribution in [0.5, 0.6) is 0 Å². The molecule has 0 fully saturated rings. The number of hydrogen-bond acceptors (Lipinski definition) is 2. The first-order chi connectivity index (χ1) is 15.7. The summed E-state index contributed by atoms with van der Waals surface area (Å²) in [7, 11) is 0. The van der Waals surface area contributed by atoms with Crippen LogP contribution in [0.15, 0.2) is 119 Å². The van der Waals surface area contributed by atoms with Crippen LogP contribution in [-0.2, 0) is 0 Å². The molecule has 5 rings (SSSR count). The zero-order chi connectivity index (χ0) is 21.9. The summed E-state index contributed by atoms with van der Waals surface area (Å²) in [5, 5.41) is 0. The van der Waals surface area contributed by atoms with Crippen molar-refractivity contribution in [3.63, 3.8) is 0 Å². The fourth-order valence-electron chi connectivity index (χ4n) is 3.79. The summed E-state index contributed by atoms with van der Waals surface area (Å²) in [4.78, 5) is 8.53. The Morgan fingerprint density at radius 2 is 0.781 bits per heavy atom. The van der Waals surface area contributed by atoms with Gasteiger partial charge in [0.25, 0.3) is 0 Å². The molecule has 2 aromatic heterocycles. The van der Waals surface area contributed by atoms with Gasteiger partial charge in [0.15, 0.2) is 0 Å². The minimum atomic E-state index is 1.04. The van der Waals surface area contributed by atoms with Gasteiger partial charge in [-0.05, 0) is 88.0 Å². The monoisotopic (exact) mass is 540 g/mol. The summed E-state index contributed by atoms with van der Waals surface area (Å²) in [6.45, 7) is 0. The van der Waals surface area contributed by atoms with Gasteiger partial charge in [0.1, 0.15) is 0 Å². The highest BCUT2D eigenvalue weighted by Gasteiger charge is 2.08. The maximum atomic E-state index is 4.26. The summed E-state index contributed by atoms with van der Waals surface area (Å²) in [5.41, 5.74) is 9.10.